The van der Waals surface area contributed by atoms with E-state index in [1.165, 1.54) is 0 Å². The van der Waals surface area contributed by atoms with Gasteiger partial charge in [-0.15, -0.1) is 0 Å². The number of para-hydroxylation sites is 1. The number of benzene rings is 1. The summed E-state index contributed by atoms with van der Waals surface area (Å²) in [6, 6.07) is 5.71. The summed E-state index contributed by atoms with van der Waals surface area (Å²) in [4.78, 5) is 2.31. The molecule has 1 fully saturated rings. The molecule has 4 heteroatoms. The van der Waals surface area contributed by atoms with E-state index in [1.54, 1.807) is 0 Å². The minimum atomic E-state index is 0.124. The number of nitrogens with one attached hydrogen (secondary N) is 1. The maximum atomic E-state index is 6.31. The molecule has 0 radical (unpaired) electrons. The first-order valence-corrected chi connectivity index (χ1v) is 7.25. The van der Waals surface area contributed by atoms with Gasteiger partial charge in [0.05, 0.1) is 15.7 Å². The minimum Gasteiger partial charge on any atom is -0.367 e. The lowest BCUT2D eigenvalue weighted by molar-refractivity contribution is 0.366. The van der Waals surface area contributed by atoms with E-state index in [9.17, 15) is 0 Å². The number of hydrogen-bond acceptors (Lipinski definition) is 2. The van der Waals surface area contributed by atoms with E-state index in [-0.39, 0.29) is 5.54 Å². The molecule has 2 rings (SSSR count). The smallest absolute Gasteiger partial charge is 0.0745 e. The third kappa shape index (κ3) is 2.93. The van der Waals surface area contributed by atoms with E-state index in [4.69, 9.17) is 23.2 Å². The zero-order valence-electron chi connectivity index (χ0n) is 11.0. The Morgan fingerprint density at radius 3 is 2.61 bits per heavy atom. The summed E-state index contributed by atoms with van der Waals surface area (Å²) in [5.41, 5.74) is 1.10. The van der Waals surface area contributed by atoms with Gasteiger partial charge in [-0.25, -0.2) is 0 Å². The van der Waals surface area contributed by atoms with Gasteiger partial charge in [0.1, 0.15) is 0 Å². The van der Waals surface area contributed by atoms with Crippen molar-refractivity contribution in [2.75, 3.05) is 24.5 Å². The first-order chi connectivity index (χ1) is 8.56. The third-order valence-electron chi connectivity index (χ3n) is 3.73. The normalized spacial score (nSPS) is 25.0. The molecule has 1 aromatic rings. The SMILES string of the molecule is CCC1(C)CN(c2c(Cl)cccc2Cl)CCCN1. The summed E-state index contributed by atoms with van der Waals surface area (Å²) in [5, 5.41) is 5.10. The number of anilines is 1. The second kappa shape index (κ2) is 5.68. The van der Waals surface area contributed by atoms with Crippen LogP contribution in [0.15, 0.2) is 18.2 Å². The Morgan fingerprint density at radius 2 is 2.00 bits per heavy atom. The summed E-state index contributed by atoms with van der Waals surface area (Å²) in [7, 11) is 0. The Hall–Kier alpha value is -0.440. The van der Waals surface area contributed by atoms with Crippen LogP contribution < -0.4 is 10.2 Å². The predicted molar refractivity (Wildman–Crippen MR) is 80.0 cm³/mol. The molecule has 1 aliphatic heterocycles. The van der Waals surface area contributed by atoms with Crippen LogP contribution in [0.3, 0.4) is 0 Å². The highest BCUT2D eigenvalue weighted by atomic mass is 35.5. The Bertz CT molecular complexity index is 402. The lowest BCUT2D eigenvalue weighted by Gasteiger charge is -2.34. The fraction of sp³-hybridized carbons (Fsp3) is 0.571. The topological polar surface area (TPSA) is 15.3 Å². The second-order valence-electron chi connectivity index (χ2n) is 5.19. The molecule has 1 saturated heterocycles. The summed E-state index contributed by atoms with van der Waals surface area (Å²) in [5.74, 6) is 0. The van der Waals surface area contributed by atoms with Gasteiger partial charge in [-0.3, -0.25) is 0 Å². The molecule has 1 unspecified atom stereocenters. The number of halogens is 2. The lowest BCUT2D eigenvalue weighted by Crippen LogP contribution is -2.48. The third-order valence-corrected chi connectivity index (χ3v) is 4.34. The highest BCUT2D eigenvalue weighted by Crippen LogP contribution is 2.35. The molecule has 0 bridgehead atoms. The largest absolute Gasteiger partial charge is 0.367 e. The molecular formula is C14H20Cl2N2. The van der Waals surface area contributed by atoms with Crippen molar-refractivity contribution in [1.29, 1.82) is 0 Å². The molecular weight excluding hydrogens is 267 g/mol. The fourth-order valence-corrected chi connectivity index (χ4v) is 3.07. The first-order valence-electron chi connectivity index (χ1n) is 6.50. The van der Waals surface area contributed by atoms with Crippen molar-refractivity contribution in [2.45, 2.75) is 32.2 Å². The van der Waals surface area contributed by atoms with Gasteiger partial charge >= 0.3 is 0 Å². The molecule has 1 aliphatic rings. The zero-order valence-corrected chi connectivity index (χ0v) is 12.5. The fourth-order valence-electron chi connectivity index (χ4n) is 2.44. The Kier molecular flexibility index (Phi) is 4.41. The van der Waals surface area contributed by atoms with E-state index in [0.717, 1.165) is 48.2 Å². The van der Waals surface area contributed by atoms with Crippen LogP contribution in [0.2, 0.25) is 10.0 Å². The molecule has 0 aliphatic carbocycles. The predicted octanol–water partition coefficient (Wildman–Crippen LogP) is 3.96. The average molecular weight is 287 g/mol. The van der Waals surface area contributed by atoms with Crippen LogP contribution in [0.25, 0.3) is 0 Å². The zero-order chi connectivity index (χ0) is 13.2. The maximum Gasteiger partial charge on any atom is 0.0745 e. The van der Waals surface area contributed by atoms with E-state index in [0.29, 0.717) is 0 Å². The Morgan fingerprint density at radius 1 is 1.33 bits per heavy atom. The molecule has 2 nitrogen and oxygen atoms in total. The van der Waals surface area contributed by atoms with Gasteiger partial charge in [-0.1, -0.05) is 36.2 Å². The standard InChI is InChI=1S/C14H20Cl2N2/c1-3-14(2)10-18(9-5-8-17-14)13-11(15)6-4-7-12(13)16/h4,6-7,17H,3,5,8-10H2,1-2H3. The van der Waals surface area contributed by atoms with Gasteiger partial charge < -0.3 is 10.2 Å². The van der Waals surface area contributed by atoms with Crippen LogP contribution in [0.5, 0.6) is 0 Å². The van der Waals surface area contributed by atoms with Crippen molar-refractivity contribution in [1.82, 2.24) is 5.32 Å². The van der Waals surface area contributed by atoms with Crippen LogP contribution in [-0.4, -0.2) is 25.2 Å². The monoisotopic (exact) mass is 286 g/mol. The maximum absolute atomic E-state index is 6.31. The van der Waals surface area contributed by atoms with Gasteiger partial charge in [0.25, 0.3) is 0 Å². The summed E-state index contributed by atoms with van der Waals surface area (Å²) >= 11 is 12.6. The van der Waals surface area contributed by atoms with Gasteiger partial charge in [-0.05, 0) is 38.4 Å². The summed E-state index contributed by atoms with van der Waals surface area (Å²) in [6.07, 6.45) is 2.20. The van der Waals surface area contributed by atoms with Crippen molar-refractivity contribution in [3.63, 3.8) is 0 Å². The minimum absolute atomic E-state index is 0.124. The van der Waals surface area contributed by atoms with E-state index >= 15 is 0 Å². The molecule has 1 heterocycles. The van der Waals surface area contributed by atoms with Crippen molar-refractivity contribution in [3.8, 4) is 0 Å². The van der Waals surface area contributed by atoms with Gasteiger partial charge in [0.15, 0.2) is 0 Å². The van der Waals surface area contributed by atoms with Gasteiger partial charge in [-0.2, -0.15) is 0 Å². The van der Waals surface area contributed by atoms with Crippen molar-refractivity contribution in [2.24, 2.45) is 0 Å². The second-order valence-corrected chi connectivity index (χ2v) is 6.00. The Labute approximate surface area is 119 Å². The highest BCUT2D eigenvalue weighted by molar-refractivity contribution is 6.39. The van der Waals surface area contributed by atoms with Gasteiger partial charge in [0, 0.05) is 18.6 Å². The molecule has 18 heavy (non-hydrogen) atoms. The molecule has 0 spiro atoms. The van der Waals surface area contributed by atoms with E-state index in [1.807, 2.05) is 18.2 Å². The quantitative estimate of drug-likeness (QED) is 0.885. The highest BCUT2D eigenvalue weighted by Gasteiger charge is 2.28. The van der Waals surface area contributed by atoms with Crippen molar-refractivity contribution < 1.29 is 0 Å². The van der Waals surface area contributed by atoms with Crippen LogP contribution in [0.4, 0.5) is 5.69 Å². The van der Waals surface area contributed by atoms with Crippen molar-refractivity contribution in [3.05, 3.63) is 28.2 Å². The first kappa shape index (κ1) is 14.0. The van der Waals surface area contributed by atoms with Crippen LogP contribution >= 0.6 is 23.2 Å². The average Bonchev–Trinajstić information content (AvgIpc) is 2.52. The molecule has 1 atom stereocenters. The summed E-state index contributed by atoms with van der Waals surface area (Å²) < 4.78 is 0. The molecule has 1 N–H and O–H groups in total. The number of rotatable bonds is 2. The molecule has 1 aromatic carbocycles. The van der Waals surface area contributed by atoms with Crippen molar-refractivity contribution >= 4 is 28.9 Å². The molecule has 0 amide bonds. The van der Waals surface area contributed by atoms with E-state index < -0.39 is 0 Å². The van der Waals surface area contributed by atoms with Crippen LogP contribution in [0, 0.1) is 0 Å². The number of nitrogens with zero attached hydrogens (tertiary/aromatic N) is 1. The Balaban J connectivity index is 2.31. The summed E-state index contributed by atoms with van der Waals surface area (Å²) in [6.45, 7) is 7.45. The number of hydrogen-bond donors (Lipinski definition) is 1. The van der Waals surface area contributed by atoms with E-state index in [2.05, 4.69) is 24.1 Å². The van der Waals surface area contributed by atoms with Crippen LogP contribution in [0.1, 0.15) is 26.7 Å². The molecule has 0 aromatic heterocycles. The van der Waals surface area contributed by atoms with Crippen LogP contribution in [-0.2, 0) is 0 Å². The lowest BCUT2D eigenvalue weighted by atomic mass is 9.98. The molecule has 0 saturated carbocycles. The van der Waals surface area contributed by atoms with Gasteiger partial charge in [0.2, 0.25) is 0 Å². The molecule has 100 valence electrons.